The summed E-state index contributed by atoms with van der Waals surface area (Å²) in [7, 11) is 0. The van der Waals surface area contributed by atoms with Crippen molar-refractivity contribution in [3.05, 3.63) is 194 Å². The first kappa shape index (κ1) is 32.6. The quantitative estimate of drug-likeness (QED) is 0.168. The number of nitrogens with zero attached hydrogens (tertiary/aromatic N) is 3. The molecule has 268 valence electrons. The van der Waals surface area contributed by atoms with Gasteiger partial charge in [-0.25, -0.2) is 4.98 Å². The lowest BCUT2D eigenvalue weighted by molar-refractivity contribution is 1.25. The fourth-order valence-electron chi connectivity index (χ4n) is 8.94. The molecule has 0 aliphatic heterocycles. The van der Waals surface area contributed by atoms with Gasteiger partial charge in [0.1, 0.15) is 0 Å². The summed E-state index contributed by atoms with van der Waals surface area (Å²) >= 11 is 1.83. The molecule has 0 saturated carbocycles. The van der Waals surface area contributed by atoms with Crippen LogP contribution in [0.2, 0.25) is 0 Å². The molecule has 0 N–H and O–H groups in total. The van der Waals surface area contributed by atoms with E-state index in [1.165, 1.54) is 74.7 Å². The van der Waals surface area contributed by atoms with Crippen molar-refractivity contribution in [1.82, 2.24) is 9.38 Å². The van der Waals surface area contributed by atoms with Crippen LogP contribution in [0.5, 0.6) is 0 Å². The van der Waals surface area contributed by atoms with E-state index >= 15 is 0 Å². The minimum Gasteiger partial charge on any atom is -0.291 e. The average Bonchev–Trinajstić information content (AvgIpc) is 3.87. The summed E-state index contributed by atoms with van der Waals surface area (Å²) in [4.78, 5) is 5.48. The molecule has 12 aromatic rings. The summed E-state index contributed by atoms with van der Waals surface area (Å²) < 4.78 is 4.86. The molecule has 4 heteroatoms. The van der Waals surface area contributed by atoms with Gasteiger partial charge in [0, 0.05) is 20.9 Å². The Labute approximate surface area is 337 Å². The van der Waals surface area contributed by atoms with Crippen molar-refractivity contribution in [1.29, 1.82) is 5.26 Å². The Hall–Kier alpha value is -7.58. The largest absolute Gasteiger partial charge is 0.291 e. The van der Waals surface area contributed by atoms with Crippen LogP contribution in [0.4, 0.5) is 0 Å². The molecule has 3 nitrogen and oxygen atoms in total. The molecule has 0 saturated heterocycles. The van der Waals surface area contributed by atoms with Gasteiger partial charge in [0.05, 0.1) is 33.1 Å². The first-order valence-electron chi connectivity index (χ1n) is 19.5. The highest BCUT2D eigenvalue weighted by Gasteiger charge is 2.19. The Morgan fingerprint density at radius 1 is 0.448 bits per heavy atom. The van der Waals surface area contributed by atoms with Crippen LogP contribution in [0.25, 0.3) is 114 Å². The minimum absolute atomic E-state index is 0.669. The van der Waals surface area contributed by atoms with Crippen molar-refractivity contribution in [2.75, 3.05) is 0 Å². The molecule has 12 rings (SSSR count). The summed E-state index contributed by atoms with van der Waals surface area (Å²) in [5.41, 5.74) is 13.1. The second-order valence-corrected chi connectivity index (χ2v) is 16.1. The lowest BCUT2D eigenvalue weighted by Crippen LogP contribution is -1.93. The van der Waals surface area contributed by atoms with E-state index in [1.54, 1.807) is 0 Å². The van der Waals surface area contributed by atoms with Crippen LogP contribution in [0.3, 0.4) is 0 Å². The van der Waals surface area contributed by atoms with Crippen LogP contribution in [-0.4, -0.2) is 9.38 Å². The molecule has 3 aromatic heterocycles. The third-order valence-electron chi connectivity index (χ3n) is 11.8. The van der Waals surface area contributed by atoms with E-state index in [-0.39, 0.29) is 0 Å². The Balaban J connectivity index is 0.989. The predicted octanol–water partition coefficient (Wildman–Crippen LogP) is 14.9. The number of benzene rings is 9. The summed E-state index contributed by atoms with van der Waals surface area (Å²) in [5, 5.41) is 19.0. The van der Waals surface area contributed by atoms with Crippen LogP contribution in [0.15, 0.2) is 188 Å². The molecule has 9 aromatic carbocycles. The monoisotopic (exact) mass is 753 g/mol. The predicted molar refractivity (Wildman–Crippen MR) is 245 cm³/mol. The lowest BCUT2D eigenvalue weighted by atomic mass is 9.91. The second-order valence-electron chi connectivity index (χ2n) is 15.0. The van der Waals surface area contributed by atoms with Crippen molar-refractivity contribution in [2.45, 2.75) is 0 Å². The molecule has 0 aliphatic carbocycles. The van der Waals surface area contributed by atoms with Gasteiger partial charge in [-0.3, -0.25) is 4.40 Å². The maximum Gasteiger partial charge on any atom is 0.156 e. The summed E-state index contributed by atoms with van der Waals surface area (Å²) in [6, 6.07) is 69.8. The zero-order chi connectivity index (χ0) is 38.3. The highest BCUT2D eigenvalue weighted by atomic mass is 32.1. The van der Waals surface area contributed by atoms with E-state index in [4.69, 9.17) is 4.98 Å². The molecule has 0 unspecified atom stereocenters. The minimum atomic E-state index is 0.669. The molecule has 0 radical (unpaired) electrons. The van der Waals surface area contributed by atoms with Gasteiger partial charge in [0.25, 0.3) is 0 Å². The van der Waals surface area contributed by atoms with E-state index in [1.807, 2.05) is 35.6 Å². The van der Waals surface area contributed by atoms with Gasteiger partial charge >= 0.3 is 0 Å². The fourth-order valence-corrected chi connectivity index (χ4v) is 10.1. The molecule has 58 heavy (non-hydrogen) atoms. The number of nitriles is 1. The van der Waals surface area contributed by atoms with Crippen LogP contribution in [-0.2, 0) is 0 Å². The number of pyridine rings is 1. The van der Waals surface area contributed by atoms with Gasteiger partial charge in [0.2, 0.25) is 0 Å². The molecular weight excluding hydrogens is 723 g/mol. The molecular formula is C54H31N3S. The van der Waals surface area contributed by atoms with Crippen LogP contribution >= 0.6 is 11.3 Å². The normalized spacial score (nSPS) is 11.8. The van der Waals surface area contributed by atoms with Gasteiger partial charge in [-0.1, -0.05) is 146 Å². The van der Waals surface area contributed by atoms with Crippen molar-refractivity contribution >= 4 is 80.5 Å². The van der Waals surface area contributed by atoms with Crippen molar-refractivity contribution < 1.29 is 0 Å². The maximum absolute atomic E-state index is 9.21. The van der Waals surface area contributed by atoms with E-state index in [0.29, 0.717) is 5.56 Å². The highest BCUT2D eigenvalue weighted by Crippen LogP contribution is 2.43. The number of hydrogen-bond acceptors (Lipinski definition) is 3. The van der Waals surface area contributed by atoms with Crippen molar-refractivity contribution in [3.63, 3.8) is 0 Å². The van der Waals surface area contributed by atoms with Gasteiger partial charge in [-0.15, -0.1) is 11.3 Å². The number of rotatable bonds is 4. The standard InChI is InChI=1S/C54H31N3S/c55-32-33-13-15-34(16-14-33)35-17-19-36(20-18-35)42-26-27-43(45-10-4-3-9-44(42)45)37-21-23-38(24-22-37)50-31-48-46-11-5-6-12-51(46)58-53(48)54-56-52-47-30-40-8-2-1-7-39(40)29-41(47)25-28-49(52)57(50)54/h1-31H. The third kappa shape index (κ3) is 5.01. The first-order valence-corrected chi connectivity index (χ1v) is 20.3. The average molecular weight is 754 g/mol. The fraction of sp³-hybridized carbons (Fsp3) is 0. The zero-order valence-electron chi connectivity index (χ0n) is 31.1. The van der Waals surface area contributed by atoms with E-state index in [9.17, 15) is 5.26 Å². The molecule has 0 bridgehead atoms. The summed E-state index contributed by atoms with van der Waals surface area (Å²) in [5.74, 6) is 0. The molecule has 0 spiro atoms. The molecule has 0 aliphatic rings. The number of aromatic nitrogens is 2. The van der Waals surface area contributed by atoms with Crippen LogP contribution in [0.1, 0.15) is 5.56 Å². The van der Waals surface area contributed by atoms with E-state index in [2.05, 4.69) is 174 Å². The number of fused-ring (bicyclic) bond motifs is 11. The van der Waals surface area contributed by atoms with E-state index in [0.717, 1.165) is 39.1 Å². The maximum atomic E-state index is 9.21. The third-order valence-corrected chi connectivity index (χ3v) is 13.0. The summed E-state index contributed by atoms with van der Waals surface area (Å²) in [6.45, 7) is 0. The van der Waals surface area contributed by atoms with Gasteiger partial charge in [-0.2, -0.15) is 5.26 Å². The highest BCUT2D eigenvalue weighted by molar-refractivity contribution is 7.26. The molecule has 0 fully saturated rings. The van der Waals surface area contributed by atoms with Gasteiger partial charge in [0.15, 0.2) is 5.65 Å². The zero-order valence-corrected chi connectivity index (χ0v) is 32.0. The number of imidazole rings is 1. The second kappa shape index (κ2) is 12.7. The molecule has 0 amide bonds. The Morgan fingerprint density at radius 3 is 1.69 bits per heavy atom. The van der Waals surface area contributed by atoms with Crippen molar-refractivity contribution in [2.24, 2.45) is 0 Å². The Bertz CT molecular complexity index is 3660. The molecule has 3 heterocycles. The first-order chi connectivity index (χ1) is 28.7. The van der Waals surface area contributed by atoms with E-state index < -0.39 is 0 Å². The molecule has 0 atom stereocenters. The number of hydrogen-bond donors (Lipinski definition) is 0. The van der Waals surface area contributed by atoms with Gasteiger partial charge in [-0.05, 0) is 108 Å². The lowest BCUT2D eigenvalue weighted by Gasteiger charge is -2.14. The number of thiophene rings is 1. The SMILES string of the molecule is N#Cc1ccc(-c2ccc(-c3ccc(-c4ccc(-c5cc6c7ccccc7sc6c6nc7c8cc9ccccc9cc8ccc7n56)cc4)c4ccccc34)cc2)cc1. The Morgan fingerprint density at radius 2 is 1.02 bits per heavy atom. The van der Waals surface area contributed by atoms with Crippen LogP contribution < -0.4 is 0 Å². The summed E-state index contributed by atoms with van der Waals surface area (Å²) in [6.07, 6.45) is 0. The smallest absolute Gasteiger partial charge is 0.156 e. The van der Waals surface area contributed by atoms with Crippen molar-refractivity contribution in [3.8, 4) is 50.7 Å². The Kier molecular flexibility index (Phi) is 7.16. The van der Waals surface area contributed by atoms with Crippen LogP contribution in [0, 0.1) is 11.3 Å². The topological polar surface area (TPSA) is 41.1 Å². The van der Waals surface area contributed by atoms with Gasteiger partial charge < -0.3 is 0 Å².